The number of thioether (sulfide) groups is 1. The van der Waals surface area contributed by atoms with Gasteiger partial charge in [-0.05, 0) is 60.5 Å². The van der Waals surface area contributed by atoms with Crippen LogP contribution in [0.25, 0.3) is 0 Å². The minimum atomic E-state index is -0.636. The van der Waals surface area contributed by atoms with E-state index < -0.39 is 17.0 Å². The summed E-state index contributed by atoms with van der Waals surface area (Å²) in [5, 5.41) is 12.6. The van der Waals surface area contributed by atoms with Crippen molar-refractivity contribution >= 4 is 40.9 Å². The first-order valence-corrected chi connectivity index (χ1v) is 11.2. The summed E-state index contributed by atoms with van der Waals surface area (Å²) in [4.78, 5) is 27.5. The van der Waals surface area contributed by atoms with Crippen molar-refractivity contribution in [2.24, 2.45) is 0 Å². The van der Waals surface area contributed by atoms with Crippen LogP contribution in [0.15, 0.2) is 81.9 Å². The Morgan fingerprint density at radius 2 is 1.91 bits per heavy atom. The van der Waals surface area contributed by atoms with Gasteiger partial charge in [-0.15, -0.1) is 0 Å². The van der Waals surface area contributed by atoms with Crippen LogP contribution in [0, 0.1) is 17.1 Å². The van der Waals surface area contributed by atoms with Crippen LogP contribution in [0.3, 0.4) is 0 Å². The summed E-state index contributed by atoms with van der Waals surface area (Å²) in [5.74, 6) is -0.874. The molecule has 0 radical (unpaired) electrons. The van der Waals surface area contributed by atoms with E-state index in [-0.39, 0.29) is 23.1 Å². The molecule has 33 heavy (non-hydrogen) atoms. The third-order valence-electron chi connectivity index (χ3n) is 4.93. The monoisotopic (exact) mass is 481 g/mol. The quantitative estimate of drug-likeness (QED) is 0.403. The molecule has 0 aliphatic carbocycles. The van der Waals surface area contributed by atoms with Crippen molar-refractivity contribution in [3.05, 3.63) is 99.7 Å². The topological polar surface area (TPSA) is 86.3 Å². The lowest BCUT2D eigenvalue weighted by atomic mass is 10.1. The number of nitrogens with one attached hydrogen (secondary N) is 1. The van der Waals surface area contributed by atoms with Gasteiger partial charge in [0.15, 0.2) is 0 Å². The van der Waals surface area contributed by atoms with Crippen molar-refractivity contribution in [2.45, 2.75) is 18.2 Å². The zero-order chi connectivity index (χ0) is 23.4. The average Bonchev–Trinajstić information content (AvgIpc) is 3.44. The van der Waals surface area contributed by atoms with Crippen molar-refractivity contribution in [2.75, 3.05) is 4.90 Å². The second-order valence-electron chi connectivity index (χ2n) is 7.14. The summed E-state index contributed by atoms with van der Waals surface area (Å²) in [6.45, 7) is 0.0909. The summed E-state index contributed by atoms with van der Waals surface area (Å²) >= 11 is 7.08. The van der Waals surface area contributed by atoms with E-state index in [1.807, 2.05) is 18.2 Å². The van der Waals surface area contributed by atoms with E-state index in [4.69, 9.17) is 16.0 Å². The Kier molecular flexibility index (Phi) is 6.82. The molecule has 0 spiro atoms. The highest BCUT2D eigenvalue weighted by Crippen LogP contribution is 2.42. The van der Waals surface area contributed by atoms with Gasteiger partial charge in [-0.25, -0.2) is 4.39 Å². The summed E-state index contributed by atoms with van der Waals surface area (Å²) in [6, 6.07) is 17.7. The van der Waals surface area contributed by atoms with Gasteiger partial charge < -0.3 is 9.73 Å². The molecule has 1 aliphatic rings. The zero-order valence-corrected chi connectivity index (χ0v) is 18.7. The summed E-state index contributed by atoms with van der Waals surface area (Å²) in [6.07, 6.45) is 1.85. The maximum atomic E-state index is 13.5. The Labute approximate surface area is 198 Å². The second-order valence-corrected chi connectivity index (χ2v) is 8.77. The highest BCUT2D eigenvalue weighted by molar-refractivity contribution is 8.05. The number of carbonyl (C=O) groups excluding carboxylic acids is 2. The molecule has 2 aromatic carbocycles. The number of rotatable bonds is 6. The van der Waals surface area contributed by atoms with Gasteiger partial charge >= 0.3 is 0 Å². The van der Waals surface area contributed by atoms with Gasteiger partial charge in [-0.3, -0.25) is 14.5 Å². The molecule has 166 valence electrons. The molecule has 1 fully saturated rings. The van der Waals surface area contributed by atoms with Gasteiger partial charge in [-0.1, -0.05) is 35.5 Å². The molecule has 1 aromatic heterocycles. The minimum absolute atomic E-state index is 0.0909. The standard InChI is InChI=1S/C24H17ClFN3O3S/c25-16-5-3-15(4-6-16)12-21-23(31)29(18-9-7-17(26)8-10-18)24(33-21)20(13-27)22(30)28-14-19-2-1-11-32-19/h1-11,21H,12,14H2,(H,28,30)/b24-20-/t21-/m1/s1. The molecule has 2 amide bonds. The van der Waals surface area contributed by atoms with E-state index in [0.717, 1.165) is 17.3 Å². The van der Waals surface area contributed by atoms with Crippen LogP contribution in [0.1, 0.15) is 11.3 Å². The Bertz CT molecular complexity index is 1240. The molecule has 6 nitrogen and oxygen atoms in total. The normalized spacial score (nSPS) is 17.1. The number of amides is 2. The van der Waals surface area contributed by atoms with Crippen LogP contribution in [0.4, 0.5) is 10.1 Å². The predicted molar refractivity (Wildman–Crippen MR) is 124 cm³/mol. The molecular weight excluding hydrogens is 465 g/mol. The second kappa shape index (κ2) is 9.94. The third kappa shape index (κ3) is 5.11. The first-order valence-electron chi connectivity index (χ1n) is 9.92. The van der Waals surface area contributed by atoms with Crippen molar-refractivity contribution in [3.8, 4) is 6.07 Å². The van der Waals surface area contributed by atoms with Crippen LogP contribution in [-0.2, 0) is 22.6 Å². The summed E-state index contributed by atoms with van der Waals surface area (Å²) in [5.41, 5.74) is 1.04. The Hall–Kier alpha value is -3.54. The lowest BCUT2D eigenvalue weighted by molar-refractivity contribution is -0.117. The SMILES string of the molecule is N#C/C(C(=O)NCc1ccco1)=C1/S[C@H](Cc2ccc(Cl)cc2)C(=O)N1c1ccc(F)cc1. The molecule has 0 saturated carbocycles. The highest BCUT2D eigenvalue weighted by Gasteiger charge is 2.40. The van der Waals surface area contributed by atoms with Gasteiger partial charge in [0, 0.05) is 10.7 Å². The van der Waals surface area contributed by atoms with Gasteiger partial charge in [-0.2, -0.15) is 5.26 Å². The number of hydrogen-bond acceptors (Lipinski definition) is 5. The number of carbonyl (C=O) groups is 2. The molecule has 4 rings (SSSR count). The van der Waals surface area contributed by atoms with Crippen LogP contribution >= 0.6 is 23.4 Å². The molecule has 3 aromatic rings. The fourth-order valence-corrected chi connectivity index (χ4v) is 4.75. The van der Waals surface area contributed by atoms with Crippen LogP contribution in [0.2, 0.25) is 5.02 Å². The molecular formula is C24H17ClFN3O3S. The van der Waals surface area contributed by atoms with Crippen molar-refractivity contribution in [1.82, 2.24) is 5.32 Å². The number of halogens is 2. The molecule has 1 aliphatic heterocycles. The largest absolute Gasteiger partial charge is 0.467 e. The summed E-state index contributed by atoms with van der Waals surface area (Å²) in [7, 11) is 0. The van der Waals surface area contributed by atoms with Gasteiger partial charge in [0.2, 0.25) is 5.91 Å². The lowest BCUT2D eigenvalue weighted by Crippen LogP contribution is -2.32. The number of anilines is 1. The Balaban J connectivity index is 1.67. The van der Waals surface area contributed by atoms with Crippen molar-refractivity contribution in [3.63, 3.8) is 0 Å². The van der Waals surface area contributed by atoms with E-state index in [1.54, 1.807) is 24.3 Å². The number of benzene rings is 2. The van der Waals surface area contributed by atoms with E-state index in [1.165, 1.54) is 35.4 Å². The van der Waals surface area contributed by atoms with Crippen LogP contribution in [0.5, 0.6) is 0 Å². The third-order valence-corrected chi connectivity index (χ3v) is 6.44. The average molecular weight is 482 g/mol. The van der Waals surface area contributed by atoms with Crippen LogP contribution in [-0.4, -0.2) is 17.1 Å². The van der Waals surface area contributed by atoms with E-state index in [0.29, 0.717) is 22.9 Å². The molecule has 0 bridgehead atoms. The predicted octanol–water partition coefficient (Wildman–Crippen LogP) is 4.81. The Morgan fingerprint density at radius 1 is 1.18 bits per heavy atom. The molecule has 1 saturated heterocycles. The smallest absolute Gasteiger partial charge is 0.265 e. The van der Waals surface area contributed by atoms with Crippen molar-refractivity contribution in [1.29, 1.82) is 5.26 Å². The lowest BCUT2D eigenvalue weighted by Gasteiger charge is -2.18. The molecule has 2 heterocycles. The number of nitrogens with zero attached hydrogens (tertiary/aromatic N) is 2. The maximum absolute atomic E-state index is 13.5. The first-order chi connectivity index (χ1) is 16.0. The zero-order valence-electron chi connectivity index (χ0n) is 17.1. The molecule has 0 unspecified atom stereocenters. The van der Waals surface area contributed by atoms with Gasteiger partial charge in [0.05, 0.1) is 18.1 Å². The number of nitriles is 1. The molecule has 1 N–H and O–H groups in total. The molecule has 1 atom stereocenters. The minimum Gasteiger partial charge on any atom is -0.467 e. The van der Waals surface area contributed by atoms with Gasteiger partial charge in [0.25, 0.3) is 5.91 Å². The molecule has 9 heteroatoms. The highest BCUT2D eigenvalue weighted by atomic mass is 35.5. The van der Waals surface area contributed by atoms with E-state index >= 15 is 0 Å². The van der Waals surface area contributed by atoms with Crippen molar-refractivity contribution < 1.29 is 18.4 Å². The number of hydrogen-bond donors (Lipinski definition) is 1. The van der Waals surface area contributed by atoms with Gasteiger partial charge in [0.1, 0.15) is 28.2 Å². The van der Waals surface area contributed by atoms with Crippen LogP contribution < -0.4 is 10.2 Å². The van der Waals surface area contributed by atoms with E-state index in [2.05, 4.69) is 5.32 Å². The first kappa shape index (κ1) is 22.6. The maximum Gasteiger partial charge on any atom is 0.265 e. The fraction of sp³-hybridized carbons (Fsp3) is 0.125. The fourth-order valence-electron chi connectivity index (χ4n) is 3.32. The van der Waals surface area contributed by atoms with E-state index in [9.17, 15) is 19.2 Å². The summed E-state index contributed by atoms with van der Waals surface area (Å²) < 4.78 is 18.7. The Morgan fingerprint density at radius 3 is 2.55 bits per heavy atom. The number of furan rings is 1.